The van der Waals surface area contributed by atoms with Crippen LogP contribution in [0.4, 0.5) is 29.3 Å². The standard InChI is InChI=1S/C26H24ClF3N4O2/c1-15(26(28,29)30)36-25(35)32-22-9-4-16(12-21(22)27)24-20(14-31)19-8-7-18(33-10-2-3-11-33)13-23(19)34(24)17-5-6-17/h4,7-9,12-13,15,17H,2-3,5-6,10-11H2,1H3,(H,32,35)/t15-/m1/s1. The highest BCUT2D eigenvalue weighted by atomic mass is 35.5. The fourth-order valence-electron chi connectivity index (χ4n) is 4.71. The highest BCUT2D eigenvalue weighted by Crippen LogP contribution is 2.46. The van der Waals surface area contributed by atoms with Gasteiger partial charge >= 0.3 is 12.3 Å². The SMILES string of the molecule is C[C@@H](OC(=O)Nc1ccc(-c2c(C#N)c3ccc(N4CCCC4)cc3n2C2CC2)cc1Cl)C(F)(F)F. The highest BCUT2D eigenvalue weighted by molar-refractivity contribution is 6.34. The number of fused-ring (bicyclic) bond motifs is 1. The van der Waals surface area contributed by atoms with Crippen LogP contribution >= 0.6 is 11.6 Å². The van der Waals surface area contributed by atoms with Crippen LogP contribution in [0, 0.1) is 11.3 Å². The van der Waals surface area contributed by atoms with Crippen LogP contribution in [-0.2, 0) is 4.74 Å². The molecular formula is C26H24ClF3N4O2. The third-order valence-corrected chi connectivity index (χ3v) is 7.02. The molecule has 0 radical (unpaired) electrons. The molecule has 10 heteroatoms. The molecule has 1 amide bonds. The zero-order valence-electron chi connectivity index (χ0n) is 19.5. The maximum Gasteiger partial charge on any atom is 0.425 e. The van der Waals surface area contributed by atoms with E-state index in [0.717, 1.165) is 68.0 Å². The summed E-state index contributed by atoms with van der Waals surface area (Å²) >= 11 is 6.41. The number of nitrogens with one attached hydrogen (secondary N) is 1. The summed E-state index contributed by atoms with van der Waals surface area (Å²) in [6.45, 7) is 2.78. The third kappa shape index (κ3) is 4.58. The summed E-state index contributed by atoms with van der Waals surface area (Å²) in [4.78, 5) is 14.3. The molecule has 0 unspecified atom stereocenters. The zero-order valence-corrected chi connectivity index (χ0v) is 20.3. The first-order valence-electron chi connectivity index (χ1n) is 11.8. The maximum atomic E-state index is 12.7. The van der Waals surface area contributed by atoms with Gasteiger partial charge in [0.25, 0.3) is 0 Å². The van der Waals surface area contributed by atoms with Crippen LogP contribution in [-0.4, -0.2) is 36.0 Å². The van der Waals surface area contributed by atoms with Crippen molar-refractivity contribution in [3.8, 4) is 17.3 Å². The molecule has 36 heavy (non-hydrogen) atoms. The Bertz CT molecular complexity index is 1370. The molecule has 2 aromatic carbocycles. The maximum absolute atomic E-state index is 12.7. The molecule has 1 saturated heterocycles. The minimum Gasteiger partial charge on any atom is -0.437 e. The van der Waals surface area contributed by atoms with Crippen LogP contribution in [0.2, 0.25) is 5.02 Å². The number of hydrogen-bond donors (Lipinski definition) is 1. The van der Waals surface area contributed by atoms with Gasteiger partial charge < -0.3 is 14.2 Å². The Labute approximate surface area is 211 Å². The fourth-order valence-corrected chi connectivity index (χ4v) is 4.94. The molecule has 0 spiro atoms. The minimum atomic E-state index is -4.66. The number of hydrogen-bond acceptors (Lipinski definition) is 4. The number of nitrogens with zero attached hydrogens (tertiary/aromatic N) is 3. The van der Waals surface area contributed by atoms with Gasteiger partial charge in [-0.2, -0.15) is 18.4 Å². The monoisotopic (exact) mass is 516 g/mol. The first kappa shape index (κ1) is 24.3. The molecule has 1 aliphatic heterocycles. The smallest absolute Gasteiger partial charge is 0.425 e. The molecule has 1 atom stereocenters. The molecule has 1 N–H and O–H groups in total. The van der Waals surface area contributed by atoms with Gasteiger partial charge in [0.2, 0.25) is 0 Å². The second kappa shape index (κ2) is 9.25. The normalized spacial score (nSPS) is 16.7. The Hall–Kier alpha value is -3.38. The van der Waals surface area contributed by atoms with E-state index in [4.69, 9.17) is 11.6 Å². The lowest BCUT2D eigenvalue weighted by Crippen LogP contribution is -2.32. The summed E-state index contributed by atoms with van der Waals surface area (Å²) in [6.07, 6.45) is -3.83. The van der Waals surface area contributed by atoms with Gasteiger partial charge in [0.1, 0.15) is 6.07 Å². The number of rotatable bonds is 5. The molecule has 1 aliphatic carbocycles. The van der Waals surface area contributed by atoms with Crippen LogP contribution < -0.4 is 10.2 Å². The summed E-state index contributed by atoms with van der Waals surface area (Å²) in [7, 11) is 0. The van der Waals surface area contributed by atoms with Gasteiger partial charge in [-0.3, -0.25) is 5.32 Å². The van der Waals surface area contributed by atoms with Gasteiger partial charge in [-0.1, -0.05) is 17.7 Å². The number of carbonyl (C=O) groups excluding carboxylic acids is 1. The lowest BCUT2D eigenvalue weighted by Gasteiger charge is -2.18. The molecule has 188 valence electrons. The van der Waals surface area contributed by atoms with Crippen molar-refractivity contribution in [2.24, 2.45) is 0 Å². The van der Waals surface area contributed by atoms with Crippen LogP contribution in [0.25, 0.3) is 22.2 Å². The van der Waals surface area contributed by atoms with Crippen molar-refractivity contribution in [2.45, 2.75) is 50.9 Å². The molecular weight excluding hydrogens is 493 g/mol. The number of nitriles is 1. The molecule has 2 fully saturated rings. The number of ether oxygens (including phenoxy) is 1. The average molecular weight is 517 g/mol. The van der Waals surface area contributed by atoms with E-state index < -0.39 is 18.4 Å². The van der Waals surface area contributed by atoms with E-state index in [1.54, 1.807) is 12.1 Å². The number of carbonyl (C=O) groups is 1. The highest BCUT2D eigenvalue weighted by Gasteiger charge is 2.39. The number of benzene rings is 2. The van der Waals surface area contributed by atoms with Crippen molar-refractivity contribution in [2.75, 3.05) is 23.3 Å². The molecule has 2 heterocycles. The third-order valence-electron chi connectivity index (χ3n) is 6.71. The van der Waals surface area contributed by atoms with Crippen molar-refractivity contribution < 1.29 is 22.7 Å². The topological polar surface area (TPSA) is 70.3 Å². The number of amides is 1. The Morgan fingerprint density at radius 3 is 2.53 bits per heavy atom. The summed E-state index contributed by atoms with van der Waals surface area (Å²) in [5, 5.41) is 13.3. The summed E-state index contributed by atoms with van der Waals surface area (Å²) in [5.41, 5.74) is 4.22. The molecule has 1 aromatic heterocycles. The van der Waals surface area contributed by atoms with Crippen molar-refractivity contribution >= 4 is 40.0 Å². The fraction of sp³-hybridized carbons (Fsp3) is 0.385. The molecule has 6 nitrogen and oxygen atoms in total. The first-order chi connectivity index (χ1) is 17.2. The van der Waals surface area contributed by atoms with E-state index in [-0.39, 0.29) is 16.8 Å². The van der Waals surface area contributed by atoms with E-state index in [1.807, 2.05) is 6.07 Å². The van der Waals surface area contributed by atoms with Crippen LogP contribution in [0.15, 0.2) is 36.4 Å². The predicted molar refractivity (Wildman–Crippen MR) is 132 cm³/mol. The average Bonchev–Trinajstić information content (AvgIpc) is 3.40. The predicted octanol–water partition coefficient (Wildman–Crippen LogP) is 7.27. The molecule has 1 saturated carbocycles. The van der Waals surface area contributed by atoms with E-state index >= 15 is 0 Å². The first-order valence-corrected chi connectivity index (χ1v) is 12.2. The quantitative estimate of drug-likeness (QED) is 0.387. The lowest BCUT2D eigenvalue weighted by molar-refractivity contribution is -0.196. The second-order valence-electron chi connectivity index (χ2n) is 9.24. The van der Waals surface area contributed by atoms with Gasteiger partial charge in [0.05, 0.1) is 27.5 Å². The number of aromatic nitrogens is 1. The van der Waals surface area contributed by atoms with Crippen LogP contribution in [0.3, 0.4) is 0 Å². The van der Waals surface area contributed by atoms with E-state index in [9.17, 15) is 23.2 Å². The second-order valence-corrected chi connectivity index (χ2v) is 9.65. The van der Waals surface area contributed by atoms with E-state index in [0.29, 0.717) is 11.1 Å². The minimum absolute atomic E-state index is 0.115. The van der Waals surface area contributed by atoms with Gasteiger partial charge in [-0.05, 0) is 62.9 Å². The van der Waals surface area contributed by atoms with Gasteiger partial charge in [-0.25, -0.2) is 4.79 Å². The Kier molecular flexibility index (Phi) is 6.25. The van der Waals surface area contributed by atoms with Gasteiger partial charge in [-0.15, -0.1) is 0 Å². The number of halogens is 4. The lowest BCUT2D eigenvalue weighted by atomic mass is 10.1. The van der Waals surface area contributed by atoms with E-state index in [2.05, 4.69) is 37.7 Å². The van der Waals surface area contributed by atoms with Crippen molar-refractivity contribution in [1.82, 2.24) is 4.57 Å². The van der Waals surface area contributed by atoms with Crippen LogP contribution in [0.5, 0.6) is 0 Å². The Morgan fingerprint density at radius 1 is 1.19 bits per heavy atom. The van der Waals surface area contributed by atoms with Crippen molar-refractivity contribution in [3.63, 3.8) is 0 Å². The Morgan fingerprint density at radius 2 is 1.92 bits per heavy atom. The van der Waals surface area contributed by atoms with Gasteiger partial charge in [0.15, 0.2) is 6.10 Å². The zero-order chi connectivity index (χ0) is 25.6. The van der Waals surface area contributed by atoms with Crippen LogP contribution in [0.1, 0.15) is 44.2 Å². The number of alkyl halides is 3. The van der Waals surface area contributed by atoms with Crippen molar-refractivity contribution in [3.05, 3.63) is 47.0 Å². The summed E-state index contributed by atoms with van der Waals surface area (Å²) in [5.74, 6) is 0. The largest absolute Gasteiger partial charge is 0.437 e. The number of anilines is 2. The summed E-state index contributed by atoms with van der Waals surface area (Å²) in [6, 6.07) is 13.7. The summed E-state index contributed by atoms with van der Waals surface area (Å²) < 4.78 is 44.6. The molecule has 0 bridgehead atoms. The molecule has 5 rings (SSSR count). The van der Waals surface area contributed by atoms with E-state index in [1.165, 1.54) is 6.07 Å². The molecule has 3 aromatic rings. The van der Waals surface area contributed by atoms with Gasteiger partial charge in [0, 0.05) is 35.8 Å². The Balaban J connectivity index is 1.51. The van der Waals surface area contributed by atoms with Crippen molar-refractivity contribution in [1.29, 1.82) is 5.26 Å². The molecule has 2 aliphatic rings.